The van der Waals surface area contributed by atoms with Gasteiger partial charge in [0.1, 0.15) is 0 Å². The summed E-state index contributed by atoms with van der Waals surface area (Å²) in [6.07, 6.45) is 2.08. The van der Waals surface area contributed by atoms with E-state index >= 15 is 0 Å². The molecule has 3 heteroatoms. The van der Waals surface area contributed by atoms with Gasteiger partial charge in [0.2, 0.25) is 0 Å². The third-order valence-electron chi connectivity index (χ3n) is 1.48. The van der Waals surface area contributed by atoms with Crippen LogP contribution >= 0.6 is 34.4 Å². The van der Waals surface area contributed by atoms with Crippen LogP contribution in [-0.2, 0) is 6.54 Å². The molecule has 1 nitrogen and oxygen atoms in total. The molecule has 11 heavy (non-hydrogen) atoms. The second-order valence-electron chi connectivity index (χ2n) is 2.16. The molecule has 1 aromatic carbocycles. The summed E-state index contributed by atoms with van der Waals surface area (Å²) >= 11 is 4.07. The molecular formula is C8H10INS. The number of rotatable bonds is 2. The summed E-state index contributed by atoms with van der Waals surface area (Å²) in [5.41, 5.74) is 6.76. The van der Waals surface area contributed by atoms with E-state index in [0.717, 1.165) is 0 Å². The van der Waals surface area contributed by atoms with Crippen molar-refractivity contribution in [1.29, 1.82) is 0 Å². The Bertz CT molecular complexity index is 250. The summed E-state index contributed by atoms with van der Waals surface area (Å²) in [5.74, 6) is 0. The van der Waals surface area contributed by atoms with E-state index in [2.05, 4.69) is 47.0 Å². The van der Waals surface area contributed by atoms with Crippen LogP contribution in [0, 0.1) is 3.57 Å². The highest BCUT2D eigenvalue weighted by Crippen LogP contribution is 2.20. The molecule has 1 rings (SSSR count). The lowest BCUT2D eigenvalue weighted by molar-refractivity contribution is 1.05. The molecule has 0 amide bonds. The molecule has 0 aliphatic rings. The van der Waals surface area contributed by atoms with Gasteiger partial charge in [-0.3, -0.25) is 0 Å². The first kappa shape index (κ1) is 9.35. The smallest absolute Gasteiger partial charge is 0.0188 e. The number of thioether (sulfide) groups is 1. The Morgan fingerprint density at radius 2 is 2.27 bits per heavy atom. The van der Waals surface area contributed by atoms with Gasteiger partial charge in [0, 0.05) is 15.0 Å². The molecule has 1 aromatic rings. The molecular weight excluding hydrogens is 269 g/mol. The van der Waals surface area contributed by atoms with Gasteiger partial charge >= 0.3 is 0 Å². The van der Waals surface area contributed by atoms with Gasteiger partial charge in [0.15, 0.2) is 0 Å². The molecule has 0 radical (unpaired) electrons. The zero-order valence-electron chi connectivity index (χ0n) is 6.30. The maximum absolute atomic E-state index is 5.53. The number of hydrogen-bond acceptors (Lipinski definition) is 2. The van der Waals surface area contributed by atoms with Crippen molar-refractivity contribution in [2.24, 2.45) is 5.73 Å². The second-order valence-corrected chi connectivity index (χ2v) is 4.20. The highest BCUT2D eigenvalue weighted by molar-refractivity contribution is 14.1. The first-order valence-electron chi connectivity index (χ1n) is 3.30. The van der Waals surface area contributed by atoms with Gasteiger partial charge in [0.25, 0.3) is 0 Å². The van der Waals surface area contributed by atoms with Crippen molar-refractivity contribution in [3.8, 4) is 0 Å². The van der Waals surface area contributed by atoms with E-state index < -0.39 is 0 Å². The van der Waals surface area contributed by atoms with Crippen molar-refractivity contribution in [1.82, 2.24) is 0 Å². The van der Waals surface area contributed by atoms with Gasteiger partial charge in [0.05, 0.1) is 0 Å². The Labute approximate surface area is 84.9 Å². The minimum atomic E-state index is 0.632. The van der Waals surface area contributed by atoms with E-state index in [1.165, 1.54) is 14.0 Å². The molecule has 0 fully saturated rings. The molecule has 0 atom stereocenters. The molecule has 0 saturated heterocycles. The van der Waals surface area contributed by atoms with E-state index in [0.29, 0.717) is 6.54 Å². The van der Waals surface area contributed by atoms with Crippen LogP contribution in [0.25, 0.3) is 0 Å². The van der Waals surface area contributed by atoms with Crippen LogP contribution in [0.4, 0.5) is 0 Å². The number of halogens is 1. The molecule has 0 unspecified atom stereocenters. The fraction of sp³-hybridized carbons (Fsp3) is 0.250. The van der Waals surface area contributed by atoms with Crippen molar-refractivity contribution in [3.05, 3.63) is 27.3 Å². The van der Waals surface area contributed by atoms with Gasteiger partial charge in [-0.15, -0.1) is 11.8 Å². The summed E-state index contributed by atoms with van der Waals surface area (Å²) in [6.45, 7) is 0.632. The molecule has 2 N–H and O–H groups in total. The van der Waals surface area contributed by atoms with E-state index in [-0.39, 0.29) is 0 Å². The van der Waals surface area contributed by atoms with Gasteiger partial charge in [-0.25, -0.2) is 0 Å². The summed E-state index contributed by atoms with van der Waals surface area (Å²) in [4.78, 5) is 1.30. The molecule has 0 heterocycles. The molecule has 0 aliphatic carbocycles. The monoisotopic (exact) mass is 279 g/mol. The Kier molecular flexibility index (Phi) is 3.68. The normalized spacial score (nSPS) is 10.1. The van der Waals surface area contributed by atoms with Crippen molar-refractivity contribution in [3.63, 3.8) is 0 Å². The zero-order chi connectivity index (χ0) is 8.27. The first-order chi connectivity index (χ1) is 5.27. The standard InChI is InChI=1S/C8H10INS/c1-11-7-3-2-6(5-10)8(9)4-7/h2-4H,5,10H2,1H3. The zero-order valence-corrected chi connectivity index (χ0v) is 9.28. The summed E-state index contributed by atoms with van der Waals surface area (Å²) < 4.78 is 1.26. The molecule has 0 bridgehead atoms. The number of benzene rings is 1. The lowest BCUT2D eigenvalue weighted by Crippen LogP contribution is -1.98. The first-order valence-corrected chi connectivity index (χ1v) is 5.60. The molecule has 60 valence electrons. The van der Waals surface area contributed by atoms with Gasteiger partial charge in [-0.05, 0) is 46.5 Å². The third kappa shape index (κ3) is 2.35. The average Bonchev–Trinajstić information content (AvgIpc) is 2.04. The third-order valence-corrected chi connectivity index (χ3v) is 3.21. The van der Waals surface area contributed by atoms with E-state index in [4.69, 9.17) is 5.73 Å². The molecule has 0 aliphatic heterocycles. The van der Waals surface area contributed by atoms with Crippen molar-refractivity contribution in [2.75, 3.05) is 6.26 Å². The highest BCUT2D eigenvalue weighted by Gasteiger charge is 1.97. The molecule has 0 spiro atoms. The summed E-state index contributed by atoms with van der Waals surface area (Å²) in [7, 11) is 0. The van der Waals surface area contributed by atoms with Crippen LogP contribution in [0.15, 0.2) is 23.1 Å². The van der Waals surface area contributed by atoms with Crippen LogP contribution in [0.5, 0.6) is 0 Å². The largest absolute Gasteiger partial charge is 0.326 e. The van der Waals surface area contributed by atoms with Crippen molar-refractivity contribution < 1.29 is 0 Å². The fourth-order valence-electron chi connectivity index (χ4n) is 0.821. The minimum absolute atomic E-state index is 0.632. The van der Waals surface area contributed by atoms with Gasteiger partial charge in [-0.2, -0.15) is 0 Å². The Hall–Kier alpha value is 0.260. The predicted molar refractivity (Wildman–Crippen MR) is 58.8 cm³/mol. The average molecular weight is 279 g/mol. The summed E-state index contributed by atoms with van der Waals surface area (Å²) in [5, 5.41) is 0. The maximum atomic E-state index is 5.53. The molecule has 0 saturated carbocycles. The van der Waals surface area contributed by atoms with E-state index in [1.54, 1.807) is 11.8 Å². The Balaban J connectivity index is 2.99. The van der Waals surface area contributed by atoms with Crippen molar-refractivity contribution >= 4 is 34.4 Å². The predicted octanol–water partition coefficient (Wildman–Crippen LogP) is 2.47. The lowest BCUT2D eigenvalue weighted by Gasteiger charge is -2.02. The van der Waals surface area contributed by atoms with Crippen LogP contribution in [0.3, 0.4) is 0 Å². The van der Waals surface area contributed by atoms with E-state index in [1.807, 2.05) is 0 Å². The second kappa shape index (κ2) is 4.33. The molecule has 0 aromatic heterocycles. The lowest BCUT2D eigenvalue weighted by atomic mass is 10.2. The summed E-state index contributed by atoms with van der Waals surface area (Å²) in [6, 6.07) is 6.36. The van der Waals surface area contributed by atoms with Crippen LogP contribution in [0.1, 0.15) is 5.56 Å². The number of nitrogens with two attached hydrogens (primary N) is 1. The highest BCUT2D eigenvalue weighted by atomic mass is 127. The van der Waals surface area contributed by atoms with Crippen LogP contribution in [0.2, 0.25) is 0 Å². The Morgan fingerprint density at radius 1 is 1.55 bits per heavy atom. The fourth-order valence-corrected chi connectivity index (χ4v) is 2.21. The Morgan fingerprint density at radius 3 is 2.73 bits per heavy atom. The van der Waals surface area contributed by atoms with Gasteiger partial charge in [-0.1, -0.05) is 6.07 Å². The van der Waals surface area contributed by atoms with Crippen LogP contribution in [-0.4, -0.2) is 6.26 Å². The topological polar surface area (TPSA) is 26.0 Å². The van der Waals surface area contributed by atoms with Crippen LogP contribution < -0.4 is 5.73 Å². The number of hydrogen-bond donors (Lipinski definition) is 1. The van der Waals surface area contributed by atoms with Crippen molar-refractivity contribution in [2.45, 2.75) is 11.4 Å². The minimum Gasteiger partial charge on any atom is -0.326 e. The maximum Gasteiger partial charge on any atom is 0.0188 e. The van der Waals surface area contributed by atoms with E-state index in [9.17, 15) is 0 Å². The quantitative estimate of drug-likeness (QED) is 0.665. The van der Waals surface area contributed by atoms with Gasteiger partial charge < -0.3 is 5.73 Å². The SMILES string of the molecule is CSc1ccc(CN)c(I)c1.